The second kappa shape index (κ2) is 7.11. The topological polar surface area (TPSA) is 26.0 Å². The number of rotatable bonds is 5. The van der Waals surface area contributed by atoms with Gasteiger partial charge < -0.3 is 5.73 Å². The SMILES string of the molecule is CCC(N)Cc1ccc(Sc2cccc(F)c2)cc1Cl. The van der Waals surface area contributed by atoms with Crippen molar-refractivity contribution in [2.45, 2.75) is 35.6 Å². The van der Waals surface area contributed by atoms with Gasteiger partial charge in [-0.05, 0) is 48.7 Å². The molecule has 1 unspecified atom stereocenters. The first kappa shape index (κ1) is 15.4. The van der Waals surface area contributed by atoms with Crippen molar-refractivity contribution in [3.05, 3.63) is 58.9 Å². The molecule has 20 heavy (non-hydrogen) atoms. The molecular formula is C16H17ClFNS. The Morgan fingerprint density at radius 2 is 1.95 bits per heavy atom. The van der Waals surface area contributed by atoms with E-state index in [1.165, 1.54) is 23.9 Å². The van der Waals surface area contributed by atoms with Crippen LogP contribution in [0.15, 0.2) is 52.3 Å². The molecule has 106 valence electrons. The zero-order valence-corrected chi connectivity index (χ0v) is 12.8. The smallest absolute Gasteiger partial charge is 0.124 e. The van der Waals surface area contributed by atoms with E-state index in [1.807, 2.05) is 24.3 Å². The van der Waals surface area contributed by atoms with Gasteiger partial charge >= 0.3 is 0 Å². The Kier molecular flexibility index (Phi) is 5.46. The molecule has 0 saturated carbocycles. The summed E-state index contributed by atoms with van der Waals surface area (Å²) in [5, 5.41) is 0.718. The van der Waals surface area contributed by atoms with E-state index in [9.17, 15) is 4.39 Å². The molecule has 0 saturated heterocycles. The normalized spacial score (nSPS) is 12.4. The first-order valence-corrected chi connectivity index (χ1v) is 7.75. The Morgan fingerprint density at radius 3 is 2.60 bits per heavy atom. The van der Waals surface area contributed by atoms with E-state index in [-0.39, 0.29) is 11.9 Å². The summed E-state index contributed by atoms with van der Waals surface area (Å²) >= 11 is 7.78. The molecule has 2 N–H and O–H groups in total. The van der Waals surface area contributed by atoms with Crippen LogP contribution in [-0.2, 0) is 6.42 Å². The first-order chi connectivity index (χ1) is 9.58. The lowest BCUT2D eigenvalue weighted by atomic mass is 10.1. The molecule has 2 rings (SSSR count). The predicted octanol–water partition coefficient (Wildman–Crippen LogP) is 4.91. The van der Waals surface area contributed by atoms with Gasteiger partial charge in [0.15, 0.2) is 0 Å². The van der Waals surface area contributed by atoms with Crippen molar-refractivity contribution in [1.29, 1.82) is 0 Å². The zero-order valence-electron chi connectivity index (χ0n) is 11.3. The van der Waals surface area contributed by atoms with Crippen molar-refractivity contribution in [2.75, 3.05) is 0 Å². The van der Waals surface area contributed by atoms with Gasteiger partial charge in [0, 0.05) is 20.9 Å². The van der Waals surface area contributed by atoms with Gasteiger partial charge in [-0.3, -0.25) is 0 Å². The van der Waals surface area contributed by atoms with Crippen LogP contribution in [0, 0.1) is 5.82 Å². The lowest BCUT2D eigenvalue weighted by Gasteiger charge is -2.11. The Bertz CT molecular complexity index is 588. The van der Waals surface area contributed by atoms with Crippen LogP contribution in [0.2, 0.25) is 5.02 Å². The quantitative estimate of drug-likeness (QED) is 0.849. The van der Waals surface area contributed by atoms with Crippen LogP contribution in [0.25, 0.3) is 0 Å². The highest BCUT2D eigenvalue weighted by molar-refractivity contribution is 7.99. The summed E-state index contributed by atoms with van der Waals surface area (Å²) in [5.41, 5.74) is 7.01. The van der Waals surface area contributed by atoms with Gasteiger partial charge in [0.25, 0.3) is 0 Å². The average molecular weight is 310 g/mol. The molecule has 2 aromatic rings. The number of benzene rings is 2. The molecule has 0 spiro atoms. The summed E-state index contributed by atoms with van der Waals surface area (Å²) in [6.07, 6.45) is 1.70. The van der Waals surface area contributed by atoms with Gasteiger partial charge in [0.05, 0.1) is 0 Å². The minimum Gasteiger partial charge on any atom is -0.327 e. The molecule has 0 aliphatic rings. The fourth-order valence-electron chi connectivity index (χ4n) is 1.85. The van der Waals surface area contributed by atoms with Crippen LogP contribution in [-0.4, -0.2) is 6.04 Å². The summed E-state index contributed by atoms with van der Waals surface area (Å²) in [7, 11) is 0. The van der Waals surface area contributed by atoms with E-state index < -0.39 is 0 Å². The van der Waals surface area contributed by atoms with Gasteiger partial charge in [-0.25, -0.2) is 4.39 Å². The molecule has 0 aliphatic carbocycles. The summed E-state index contributed by atoms with van der Waals surface area (Å²) < 4.78 is 13.1. The third kappa shape index (κ3) is 4.23. The van der Waals surface area contributed by atoms with E-state index in [0.717, 1.165) is 33.2 Å². The minimum absolute atomic E-state index is 0.134. The number of halogens is 2. The molecule has 0 aliphatic heterocycles. The molecule has 1 atom stereocenters. The number of hydrogen-bond acceptors (Lipinski definition) is 2. The van der Waals surface area contributed by atoms with Gasteiger partial charge in [0.1, 0.15) is 5.82 Å². The lowest BCUT2D eigenvalue weighted by molar-refractivity contribution is 0.624. The first-order valence-electron chi connectivity index (χ1n) is 6.56. The van der Waals surface area contributed by atoms with Crippen molar-refractivity contribution in [2.24, 2.45) is 5.73 Å². The molecular weight excluding hydrogens is 293 g/mol. The molecule has 0 amide bonds. The predicted molar refractivity (Wildman–Crippen MR) is 83.9 cm³/mol. The van der Waals surface area contributed by atoms with E-state index in [1.54, 1.807) is 6.07 Å². The molecule has 0 fully saturated rings. The van der Waals surface area contributed by atoms with Gasteiger partial charge in [-0.2, -0.15) is 0 Å². The maximum Gasteiger partial charge on any atom is 0.124 e. The highest BCUT2D eigenvalue weighted by Crippen LogP contribution is 2.31. The third-order valence-electron chi connectivity index (χ3n) is 3.06. The Morgan fingerprint density at radius 1 is 1.20 bits per heavy atom. The fourth-order valence-corrected chi connectivity index (χ4v) is 3.08. The summed E-state index contributed by atoms with van der Waals surface area (Å²) in [4.78, 5) is 1.86. The minimum atomic E-state index is -0.230. The highest BCUT2D eigenvalue weighted by atomic mass is 35.5. The van der Waals surface area contributed by atoms with E-state index in [2.05, 4.69) is 6.92 Å². The van der Waals surface area contributed by atoms with Crippen LogP contribution < -0.4 is 5.73 Å². The van der Waals surface area contributed by atoms with Crippen LogP contribution in [0.5, 0.6) is 0 Å². The summed E-state index contributed by atoms with van der Waals surface area (Å²) in [6, 6.07) is 12.6. The maximum atomic E-state index is 13.1. The van der Waals surface area contributed by atoms with Crippen LogP contribution >= 0.6 is 23.4 Å². The van der Waals surface area contributed by atoms with Crippen molar-refractivity contribution in [3.63, 3.8) is 0 Å². The Balaban J connectivity index is 2.13. The van der Waals surface area contributed by atoms with Gasteiger partial charge in [-0.15, -0.1) is 0 Å². The Hall–Kier alpha value is -1.03. The third-order valence-corrected chi connectivity index (χ3v) is 4.39. The van der Waals surface area contributed by atoms with Crippen molar-refractivity contribution in [1.82, 2.24) is 0 Å². The second-order valence-corrected chi connectivity index (χ2v) is 6.24. The summed E-state index contributed by atoms with van der Waals surface area (Å²) in [6.45, 7) is 2.06. The molecule has 2 aromatic carbocycles. The standard InChI is InChI=1S/C16H17ClFNS/c1-2-13(19)8-11-6-7-15(10-16(11)17)20-14-5-3-4-12(18)9-14/h3-7,9-10,13H,2,8,19H2,1H3. The van der Waals surface area contributed by atoms with Gasteiger partial charge in [-0.1, -0.05) is 42.4 Å². The van der Waals surface area contributed by atoms with Crippen LogP contribution in [0.3, 0.4) is 0 Å². The monoisotopic (exact) mass is 309 g/mol. The second-order valence-electron chi connectivity index (χ2n) is 4.69. The maximum absolute atomic E-state index is 13.1. The summed E-state index contributed by atoms with van der Waals surface area (Å²) in [5.74, 6) is -0.230. The largest absolute Gasteiger partial charge is 0.327 e. The van der Waals surface area contributed by atoms with Crippen LogP contribution in [0.1, 0.15) is 18.9 Å². The fraction of sp³-hybridized carbons (Fsp3) is 0.250. The van der Waals surface area contributed by atoms with Crippen molar-refractivity contribution in [3.8, 4) is 0 Å². The Labute approximate surface area is 128 Å². The number of nitrogens with two attached hydrogens (primary N) is 1. The molecule has 0 heterocycles. The molecule has 0 bridgehead atoms. The molecule has 1 nitrogen and oxygen atoms in total. The number of hydrogen-bond donors (Lipinski definition) is 1. The van der Waals surface area contributed by atoms with Gasteiger partial charge in [0.2, 0.25) is 0 Å². The lowest BCUT2D eigenvalue weighted by Crippen LogP contribution is -2.21. The van der Waals surface area contributed by atoms with Crippen molar-refractivity contribution < 1.29 is 4.39 Å². The van der Waals surface area contributed by atoms with E-state index in [4.69, 9.17) is 17.3 Å². The van der Waals surface area contributed by atoms with E-state index in [0.29, 0.717) is 0 Å². The van der Waals surface area contributed by atoms with Crippen molar-refractivity contribution >= 4 is 23.4 Å². The molecule has 0 radical (unpaired) electrons. The zero-order chi connectivity index (χ0) is 14.5. The van der Waals surface area contributed by atoms with Crippen LogP contribution in [0.4, 0.5) is 4.39 Å². The molecule has 0 aromatic heterocycles. The highest BCUT2D eigenvalue weighted by Gasteiger charge is 2.07. The van der Waals surface area contributed by atoms with E-state index >= 15 is 0 Å². The average Bonchev–Trinajstić information content (AvgIpc) is 2.41. The molecule has 4 heteroatoms.